The van der Waals surface area contributed by atoms with Crippen molar-refractivity contribution in [3.05, 3.63) is 42.2 Å². The number of nitrogen functional groups attached to an aromatic ring is 1. The predicted octanol–water partition coefficient (Wildman–Crippen LogP) is 1.62. The van der Waals surface area contributed by atoms with Gasteiger partial charge >= 0.3 is 5.97 Å². The minimum Gasteiger partial charge on any atom is -0.481 e. The summed E-state index contributed by atoms with van der Waals surface area (Å²) in [5.74, 6) is -0.696. The lowest BCUT2D eigenvalue weighted by molar-refractivity contribution is -0.739. The summed E-state index contributed by atoms with van der Waals surface area (Å²) in [6.45, 7) is 0.424. The van der Waals surface area contributed by atoms with Crippen LogP contribution in [0.4, 0.5) is 10.2 Å². The van der Waals surface area contributed by atoms with E-state index < -0.39 is 5.97 Å². The van der Waals surface area contributed by atoms with Crippen LogP contribution < -0.4 is 10.4 Å². The smallest absolute Gasteiger partial charge is 0.303 e. The number of halogens is 1. The Morgan fingerprint density at radius 3 is 2.60 bits per heavy atom. The summed E-state index contributed by atoms with van der Waals surface area (Å²) in [7, 11) is 0. The summed E-state index contributed by atoms with van der Waals surface area (Å²) in [6.07, 6.45) is 0.513. The van der Waals surface area contributed by atoms with E-state index >= 15 is 0 Å². The molecule has 0 saturated carbocycles. The Morgan fingerprint density at radius 1 is 1.25 bits per heavy atom. The molecule has 0 radical (unpaired) electrons. The standard InChI is InChI=1S/C14H14FN3O2/c15-11-5-3-10(4-6-11)12-7-8-13(16)18(17-12)9-1-2-14(19)20/h3-8,16H,1-2,9H2,(H,19,20)/p+1. The van der Waals surface area contributed by atoms with Gasteiger partial charge in [0.1, 0.15) is 18.1 Å². The molecule has 0 aliphatic rings. The first-order valence-electron chi connectivity index (χ1n) is 6.20. The molecule has 0 amide bonds. The molecule has 2 rings (SSSR count). The third-order valence-corrected chi connectivity index (χ3v) is 2.84. The van der Waals surface area contributed by atoms with Crippen LogP contribution in [0.5, 0.6) is 0 Å². The summed E-state index contributed by atoms with van der Waals surface area (Å²) in [5, 5.41) is 13.0. The number of hydrogen-bond acceptors (Lipinski definition) is 3. The zero-order valence-electron chi connectivity index (χ0n) is 10.8. The second-order valence-electron chi connectivity index (χ2n) is 4.37. The van der Waals surface area contributed by atoms with Crippen LogP contribution >= 0.6 is 0 Å². The van der Waals surface area contributed by atoms with Crippen LogP contribution in [-0.4, -0.2) is 16.2 Å². The molecule has 0 aliphatic heterocycles. The number of carboxylic acid groups (broad SMARTS) is 1. The van der Waals surface area contributed by atoms with Crippen molar-refractivity contribution in [3.8, 4) is 11.3 Å². The number of aromatic nitrogens is 2. The van der Waals surface area contributed by atoms with E-state index in [1.807, 2.05) is 0 Å². The van der Waals surface area contributed by atoms with Gasteiger partial charge in [0.15, 0.2) is 0 Å². The molecule has 104 valence electrons. The second kappa shape index (κ2) is 6.10. The quantitative estimate of drug-likeness (QED) is 0.813. The van der Waals surface area contributed by atoms with Crippen molar-refractivity contribution in [2.24, 2.45) is 0 Å². The third kappa shape index (κ3) is 3.50. The fourth-order valence-corrected chi connectivity index (χ4v) is 1.81. The van der Waals surface area contributed by atoms with Crippen LogP contribution in [0.3, 0.4) is 0 Å². The molecule has 0 aliphatic carbocycles. The Kier molecular flexibility index (Phi) is 4.24. The van der Waals surface area contributed by atoms with Crippen molar-refractivity contribution < 1.29 is 19.0 Å². The average molecular weight is 276 g/mol. The number of carbonyl (C=O) groups is 1. The van der Waals surface area contributed by atoms with Crippen LogP contribution in [0.1, 0.15) is 12.8 Å². The highest BCUT2D eigenvalue weighted by molar-refractivity contribution is 5.66. The third-order valence-electron chi connectivity index (χ3n) is 2.84. The highest BCUT2D eigenvalue weighted by atomic mass is 19.1. The number of anilines is 1. The van der Waals surface area contributed by atoms with Gasteiger partial charge in [0, 0.05) is 18.1 Å². The van der Waals surface area contributed by atoms with Gasteiger partial charge in [-0.1, -0.05) is 5.10 Å². The lowest BCUT2D eigenvalue weighted by Crippen LogP contribution is -2.41. The number of nitrogens with two attached hydrogens (primary N) is 1. The maximum absolute atomic E-state index is 12.9. The Hall–Kier alpha value is -2.50. The van der Waals surface area contributed by atoms with Crippen LogP contribution in [0.25, 0.3) is 11.3 Å². The highest BCUT2D eigenvalue weighted by Gasteiger charge is 2.10. The van der Waals surface area contributed by atoms with Crippen molar-refractivity contribution in [3.63, 3.8) is 0 Å². The molecule has 1 aromatic heterocycles. The molecule has 20 heavy (non-hydrogen) atoms. The number of rotatable bonds is 5. The van der Waals surface area contributed by atoms with Crippen molar-refractivity contribution in [1.29, 1.82) is 0 Å². The molecule has 0 unspecified atom stereocenters. The van der Waals surface area contributed by atoms with E-state index in [2.05, 4.69) is 5.10 Å². The number of benzene rings is 1. The van der Waals surface area contributed by atoms with Crippen molar-refractivity contribution in [2.45, 2.75) is 19.4 Å². The van der Waals surface area contributed by atoms with Crippen LogP contribution in [-0.2, 0) is 11.3 Å². The number of carboxylic acids is 1. The molecular weight excluding hydrogens is 261 g/mol. The van der Waals surface area contributed by atoms with Gasteiger partial charge in [-0.15, -0.1) is 4.68 Å². The lowest BCUT2D eigenvalue weighted by Gasteiger charge is -2.04. The fourth-order valence-electron chi connectivity index (χ4n) is 1.81. The Morgan fingerprint density at radius 2 is 1.95 bits per heavy atom. The second-order valence-corrected chi connectivity index (χ2v) is 4.37. The summed E-state index contributed by atoms with van der Waals surface area (Å²) in [4.78, 5) is 10.5. The zero-order chi connectivity index (χ0) is 14.5. The van der Waals surface area contributed by atoms with Gasteiger partial charge in [-0.05, 0) is 36.8 Å². The molecule has 0 saturated heterocycles. The van der Waals surface area contributed by atoms with Gasteiger partial charge in [0.2, 0.25) is 0 Å². The highest BCUT2D eigenvalue weighted by Crippen LogP contribution is 2.16. The molecular formula is C14H15FN3O2+. The van der Waals surface area contributed by atoms with Crippen molar-refractivity contribution in [2.75, 3.05) is 5.73 Å². The molecule has 2 aromatic rings. The molecule has 1 heterocycles. The van der Waals surface area contributed by atoms with Gasteiger partial charge < -0.3 is 5.11 Å². The first kappa shape index (κ1) is 13.9. The number of aliphatic carboxylic acids is 1. The topological polar surface area (TPSA) is 80.1 Å². The van der Waals surface area contributed by atoms with E-state index in [0.29, 0.717) is 24.5 Å². The first-order chi connectivity index (χ1) is 9.56. The SMILES string of the molecule is Nc1ccc(-c2ccc(F)cc2)n[n+]1CCCC(=O)O. The Labute approximate surface area is 115 Å². The summed E-state index contributed by atoms with van der Waals surface area (Å²) >= 11 is 0. The molecule has 0 bridgehead atoms. The number of nitrogens with zero attached hydrogens (tertiary/aromatic N) is 2. The normalized spacial score (nSPS) is 10.4. The van der Waals surface area contributed by atoms with Gasteiger partial charge in [-0.25, -0.2) is 4.39 Å². The van der Waals surface area contributed by atoms with Gasteiger partial charge in [-0.3, -0.25) is 10.5 Å². The first-order valence-corrected chi connectivity index (χ1v) is 6.20. The molecule has 1 aromatic carbocycles. The zero-order valence-corrected chi connectivity index (χ0v) is 10.8. The summed E-state index contributed by atoms with van der Waals surface area (Å²) in [6, 6.07) is 9.44. The average Bonchev–Trinajstić information content (AvgIpc) is 2.41. The molecule has 6 heteroatoms. The van der Waals surface area contributed by atoms with Gasteiger partial charge in [-0.2, -0.15) is 0 Å². The number of aryl methyl sites for hydroxylation is 1. The molecule has 0 spiro atoms. The molecule has 5 nitrogen and oxygen atoms in total. The Bertz CT molecular complexity index is 614. The molecule has 3 N–H and O–H groups in total. The van der Waals surface area contributed by atoms with Gasteiger partial charge in [0.05, 0.1) is 0 Å². The van der Waals surface area contributed by atoms with Crippen LogP contribution in [0.15, 0.2) is 36.4 Å². The van der Waals surface area contributed by atoms with Crippen molar-refractivity contribution >= 4 is 11.8 Å². The largest absolute Gasteiger partial charge is 0.481 e. The summed E-state index contributed by atoms with van der Waals surface area (Å²) in [5.41, 5.74) is 7.24. The van der Waals surface area contributed by atoms with Gasteiger partial charge in [0.25, 0.3) is 5.82 Å². The lowest BCUT2D eigenvalue weighted by atomic mass is 10.1. The van der Waals surface area contributed by atoms with Crippen LogP contribution in [0.2, 0.25) is 0 Å². The minimum absolute atomic E-state index is 0.0644. The predicted molar refractivity (Wildman–Crippen MR) is 71.1 cm³/mol. The van der Waals surface area contributed by atoms with E-state index in [0.717, 1.165) is 5.56 Å². The number of hydrogen-bond donors (Lipinski definition) is 2. The monoisotopic (exact) mass is 276 g/mol. The van der Waals surface area contributed by atoms with E-state index in [9.17, 15) is 9.18 Å². The minimum atomic E-state index is -0.848. The maximum Gasteiger partial charge on any atom is 0.303 e. The molecule has 0 fully saturated rings. The summed E-state index contributed by atoms with van der Waals surface area (Å²) < 4.78 is 14.4. The van der Waals surface area contributed by atoms with Crippen molar-refractivity contribution in [1.82, 2.24) is 5.10 Å². The fraction of sp³-hybridized carbons (Fsp3) is 0.214. The van der Waals surface area contributed by atoms with E-state index in [4.69, 9.17) is 10.8 Å². The van der Waals surface area contributed by atoms with E-state index in [1.54, 1.807) is 28.9 Å². The maximum atomic E-state index is 12.9. The van der Waals surface area contributed by atoms with E-state index in [-0.39, 0.29) is 12.2 Å². The van der Waals surface area contributed by atoms with E-state index in [1.165, 1.54) is 12.1 Å². The Balaban J connectivity index is 2.19. The molecule has 0 atom stereocenters. The van der Waals surface area contributed by atoms with Crippen LogP contribution in [0, 0.1) is 5.82 Å².